The lowest BCUT2D eigenvalue weighted by molar-refractivity contribution is 0.702. The summed E-state index contributed by atoms with van der Waals surface area (Å²) in [6.45, 7) is 0. The fraction of sp³-hybridized carbons (Fsp3) is 0.209. The standard InChI is InChI=1S/C43H36N4/c1-2-11-30-26-31(25-20-27(30)10-1)41-40(44-36-16-6-7-17-37(36)45-41)28-21-23-29(24-22-28)43-46-38-18-9-15-35-33-13-4-3-12-32(33)34-14-5-8-19-39(34)47(43)42(35)38/h1,3-6,8,10,12-14,16,18-21,23-26,28,43,46H,2,7,9,11,15,17,22H2. The Morgan fingerprint density at radius 3 is 2.51 bits per heavy atom. The van der Waals surface area contributed by atoms with Gasteiger partial charge in [-0.3, -0.25) is 0 Å². The number of hydrogen-bond acceptors (Lipinski definition) is 4. The van der Waals surface area contributed by atoms with Gasteiger partial charge < -0.3 is 10.2 Å². The van der Waals surface area contributed by atoms with Crippen LogP contribution in [0.25, 0.3) is 40.1 Å². The zero-order valence-corrected chi connectivity index (χ0v) is 26.4. The molecule has 1 aromatic heterocycles. The van der Waals surface area contributed by atoms with Gasteiger partial charge >= 0.3 is 0 Å². The summed E-state index contributed by atoms with van der Waals surface area (Å²) >= 11 is 0. The van der Waals surface area contributed by atoms with Crippen LogP contribution in [0.1, 0.15) is 71.8 Å². The number of benzene rings is 3. The van der Waals surface area contributed by atoms with Gasteiger partial charge in [0, 0.05) is 17.0 Å². The van der Waals surface area contributed by atoms with E-state index in [0.717, 1.165) is 67.7 Å². The van der Waals surface area contributed by atoms with Crippen LogP contribution in [-0.4, -0.2) is 16.1 Å². The molecule has 0 saturated carbocycles. The van der Waals surface area contributed by atoms with Crippen LogP contribution in [0, 0.1) is 0 Å². The lowest BCUT2D eigenvalue weighted by Gasteiger charge is -2.31. The Bertz CT molecular complexity index is 2170. The summed E-state index contributed by atoms with van der Waals surface area (Å²) in [5.74, 6) is 0.163. The van der Waals surface area contributed by atoms with Gasteiger partial charge in [-0.2, -0.15) is 0 Å². The number of para-hydroxylation sites is 1. The number of anilines is 1. The second-order valence-electron chi connectivity index (χ2n) is 13.5. The molecule has 2 aliphatic heterocycles. The highest BCUT2D eigenvalue weighted by Gasteiger charge is 2.41. The highest BCUT2D eigenvalue weighted by atomic mass is 15.4. The normalized spacial score (nSPS) is 21.5. The molecule has 0 amide bonds. The number of nitrogens with zero attached hydrogens (tertiary/aromatic N) is 3. The van der Waals surface area contributed by atoms with Crippen LogP contribution in [0.2, 0.25) is 0 Å². The van der Waals surface area contributed by atoms with Gasteiger partial charge in [0.25, 0.3) is 0 Å². The Kier molecular flexibility index (Phi) is 6.12. The molecular weight excluding hydrogens is 573 g/mol. The minimum atomic E-state index is 0.0303. The molecule has 3 heterocycles. The van der Waals surface area contributed by atoms with Crippen LogP contribution >= 0.6 is 0 Å². The molecule has 4 aliphatic carbocycles. The number of fused-ring (bicyclic) bond motifs is 7. The number of nitrogens with one attached hydrogen (secondary N) is 1. The summed E-state index contributed by atoms with van der Waals surface area (Å²) in [5.41, 5.74) is 18.8. The monoisotopic (exact) mass is 608 g/mol. The molecule has 4 heteroatoms. The van der Waals surface area contributed by atoms with Crippen molar-refractivity contribution >= 4 is 23.4 Å². The maximum atomic E-state index is 5.34. The highest BCUT2D eigenvalue weighted by Crippen LogP contribution is 2.50. The summed E-state index contributed by atoms with van der Waals surface area (Å²) in [6.07, 6.45) is 25.7. The van der Waals surface area contributed by atoms with Crippen molar-refractivity contribution in [3.05, 3.63) is 154 Å². The third-order valence-corrected chi connectivity index (χ3v) is 10.7. The molecule has 1 fully saturated rings. The Morgan fingerprint density at radius 1 is 0.745 bits per heavy atom. The van der Waals surface area contributed by atoms with Crippen molar-refractivity contribution in [3.8, 4) is 22.4 Å². The third kappa shape index (κ3) is 4.27. The van der Waals surface area contributed by atoms with Gasteiger partial charge in [0.05, 0.1) is 39.9 Å². The van der Waals surface area contributed by atoms with Crippen LogP contribution in [0.15, 0.2) is 120 Å². The molecule has 4 nitrogen and oxygen atoms in total. The van der Waals surface area contributed by atoms with Crippen LogP contribution in [0.5, 0.6) is 0 Å². The predicted octanol–water partition coefficient (Wildman–Crippen LogP) is 9.54. The fourth-order valence-corrected chi connectivity index (χ4v) is 8.45. The molecule has 4 aromatic rings. The fourth-order valence-electron chi connectivity index (χ4n) is 8.45. The van der Waals surface area contributed by atoms with Crippen molar-refractivity contribution in [3.63, 3.8) is 0 Å². The molecule has 1 saturated heterocycles. The van der Waals surface area contributed by atoms with E-state index in [0.29, 0.717) is 0 Å². The second-order valence-corrected chi connectivity index (χ2v) is 13.5. The third-order valence-electron chi connectivity index (χ3n) is 10.7. The Balaban J connectivity index is 1.04. The first-order chi connectivity index (χ1) is 23.3. The Morgan fingerprint density at radius 2 is 1.60 bits per heavy atom. The second kappa shape index (κ2) is 10.7. The van der Waals surface area contributed by atoms with Crippen LogP contribution in [0.3, 0.4) is 0 Å². The van der Waals surface area contributed by atoms with E-state index >= 15 is 0 Å². The summed E-state index contributed by atoms with van der Waals surface area (Å²) < 4.78 is 0. The van der Waals surface area contributed by atoms with E-state index in [1.165, 1.54) is 61.6 Å². The van der Waals surface area contributed by atoms with Crippen molar-refractivity contribution in [2.45, 2.75) is 57.0 Å². The summed E-state index contributed by atoms with van der Waals surface area (Å²) in [4.78, 5) is 13.2. The lowest BCUT2D eigenvalue weighted by atomic mass is 9.88. The topological polar surface area (TPSA) is 41.1 Å². The molecule has 10 rings (SSSR count). The molecule has 228 valence electrons. The largest absolute Gasteiger partial charge is 0.360 e. The maximum absolute atomic E-state index is 5.34. The minimum absolute atomic E-state index is 0.0303. The van der Waals surface area contributed by atoms with Gasteiger partial charge in [-0.1, -0.05) is 97.1 Å². The van der Waals surface area contributed by atoms with Crippen molar-refractivity contribution in [1.29, 1.82) is 0 Å². The zero-order valence-electron chi connectivity index (χ0n) is 26.4. The average Bonchev–Trinajstić information content (AvgIpc) is 3.48. The average molecular weight is 609 g/mol. The van der Waals surface area contributed by atoms with Gasteiger partial charge in [0.15, 0.2) is 0 Å². The van der Waals surface area contributed by atoms with Crippen LogP contribution in [-0.2, 0) is 12.8 Å². The number of rotatable bonds is 3. The van der Waals surface area contributed by atoms with Gasteiger partial charge in [0.1, 0.15) is 6.17 Å². The van der Waals surface area contributed by atoms with E-state index in [1.807, 2.05) is 0 Å². The molecule has 47 heavy (non-hydrogen) atoms. The van der Waals surface area contributed by atoms with E-state index in [4.69, 9.17) is 9.97 Å². The van der Waals surface area contributed by atoms with Gasteiger partial charge in [-0.25, -0.2) is 9.97 Å². The van der Waals surface area contributed by atoms with E-state index in [9.17, 15) is 0 Å². The first kappa shape index (κ1) is 26.9. The molecule has 0 bridgehead atoms. The lowest BCUT2D eigenvalue weighted by Crippen LogP contribution is -2.37. The quantitative estimate of drug-likeness (QED) is 0.252. The molecular formula is C43H36N4. The number of aromatic nitrogens is 2. The summed E-state index contributed by atoms with van der Waals surface area (Å²) in [7, 11) is 0. The molecule has 2 unspecified atom stereocenters. The van der Waals surface area contributed by atoms with Crippen LogP contribution < -0.4 is 10.2 Å². The van der Waals surface area contributed by atoms with E-state index in [-0.39, 0.29) is 12.1 Å². The zero-order chi connectivity index (χ0) is 30.9. The first-order valence-corrected chi connectivity index (χ1v) is 17.2. The molecule has 0 spiro atoms. The molecule has 3 aromatic carbocycles. The minimum Gasteiger partial charge on any atom is -0.360 e. The van der Waals surface area contributed by atoms with E-state index < -0.39 is 0 Å². The first-order valence-electron chi connectivity index (χ1n) is 17.2. The molecule has 2 atom stereocenters. The molecule has 6 aliphatic rings. The Labute approximate surface area is 276 Å². The maximum Gasteiger partial charge on any atom is 0.130 e. The van der Waals surface area contributed by atoms with E-state index in [1.54, 1.807) is 0 Å². The highest BCUT2D eigenvalue weighted by molar-refractivity contribution is 5.96. The smallest absolute Gasteiger partial charge is 0.130 e. The van der Waals surface area contributed by atoms with Crippen LogP contribution in [0.4, 0.5) is 5.69 Å². The van der Waals surface area contributed by atoms with Gasteiger partial charge in [-0.05, 0) is 96.6 Å². The van der Waals surface area contributed by atoms with Crippen molar-refractivity contribution in [2.24, 2.45) is 0 Å². The van der Waals surface area contributed by atoms with Crippen molar-refractivity contribution < 1.29 is 0 Å². The summed E-state index contributed by atoms with van der Waals surface area (Å²) in [6, 6.07) is 24.8. The summed E-state index contributed by atoms with van der Waals surface area (Å²) in [5, 5.41) is 3.96. The molecule has 1 N–H and O–H groups in total. The molecule has 0 radical (unpaired) electrons. The number of hydrogen-bond donors (Lipinski definition) is 1. The van der Waals surface area contributed by atoms with Gasteiger partial charge in [0.2, 0.25) is 0 Å². The number of aryl methyl sites for hydroxylation is 2. The van der Waals surface area contributed by atoms with Gasteiger partial charge in [-0.15, -0.1) is 0 Å². The number of allylic oxidation sites excluding steroid dienone is 6. The predicted molar refractivity (Wildman–Crippen MR) is 192 cm³/mol. The van der Waals surface area contributed by atoms with Crippen molar-refractivity contribution in [2.75, 3.05) is 4.90 Å². The SMILES string of the molecule is C1=Cc2ccc(-c3nc4c(nc3C3C=CC(C5NC6=CCCC7=C6N5c5ccccc5-c5ccccc57)=CC3)C=CCC4)cc2CC1. The van der Waals surface area contributed by atoms with E-state index in [2.05, 4.69) is 126 Å². The Hall–Kier alpha value is -5.22. The van der Waals surface area contributed by atoms with Crippen molar-refractivity contribution in [1.82, 2.24) is 15.3 Å².